The van der Waals surface area contributed by atoms with Gasteiger partial charge in [-0.05, 0) is 25.4 Å². The molecule has 1 saturated heterocycles. The summed E-state index contributed by atoms with van der Waals surface area (Å²) in [7, 11) is 0. The van der Waals surface area contributed by atoms with Gasteiger partial charge in [-0.3, -0.25) is 4.90 Å². The molecular formula is C7H13F3N2. The molecule has 0 aromatic carbocycles. The lowest BCUT2D eigenvalue weighted by Crippen LogP contribution is -2.33. The van der Waals surface area contributed by atoms with Crippen LogP contribution in [0.25, 0.3) is 0 Å². The molecule has 1 rings (SSSR count). The summed E-state index contributed by atoms with van der Waals surface area (Å²) in [6.07, 6.45) is -3.27. The van der Waals surface area contributed by atoms with Gasteiger partial charge in [0.2, 0.25) is 0 Å². The summed E-state index contributed by atoms with van der Waals surface area (Å²) in [4.78, 5) is 1.41. The lowest BCUT2D eigenvalue weighted by Gasteiger charge is -2.17. The van der Waals surface area contributed by atoms with Crippen LogP contribution in [-0.4, -0.2) is 37.3 Å². The fourth-order valence-electron chi connectivity index (χ4n) is 1.50. The molecule has 72 valence electrons. The highest BCUT2D eigenvalue weighted by atomic mass is 19.4. The second-order valence-electron chi connectivity index (χ2n) is 3.24. The summed E-state index contributed by atoms with van der Waals surface area (Å²) in [6.45, 7) is 0.731. The summed E-state index contributed by atoms with van der Waals surface area (Å²) in [5, 5.41) is 0. The van der Waals surface area contributed by atoms with E-state index in [2.05, 4.69) is 0 Å². The molecule has 0 radical (unpaired) electrons. The first kappa shape index (κ1) is 9.80. The third-order valence-electron chi connectivity index (χ3n) is 2.11. The third-order valence-corrected chi connectivity index (χ3v) is 2.11. The molecule has 0 aromatic rings. The second kappa shape index (κ2) is 3.62. The van der Waals surface area contributed by atoms with E-state index in [4.69, 9.17) is 5.73 Å². The van der Waals surface area contributed by atoms with Crippen LogP contribution in [0.1, 0.15) is 6.42 Å². The molecule has 0 unspecified atom stereocenters. The van der Waals surface area contributed by atoms with Crippen LogP contribution in [0, 0.1) is 5.92 Å². The van der Waals surface area contributed by atoms with Gasteiger partial charge in [-0.1, -0.05) is 0 Å². The second-order valence-corrected chi connectivity index (χ2v) is 3.24. The van der Waals surface area contributed by atoms with Crippen molar-refractivity contribution in [3.05, 3.63) is 0 Å². The molecule has 1 atom stereocenters. The van der Waals surface area contributed by atoms with Gasteiger partial charge in [0.05, 0.1) is 6.54 Å². The van der Waals surface area contributed by atoms with Crippen molar-refractivity contribution >= 4 is 0 Å². The van der Waals surface area contributed by atoms with Gasteiger partial charge in [-0.25, -0.2) is 0 Å². The molecule has 1 aliphatic rings. The molecule has 0 amide bonds. The highest BCUT2D eigenvalue weighted by molar-refractivity contribution is 4.77. The average molecular weight is 182 g/mol. The van der Waals surface area contributed by atoms with E-state index >= 15 is 0 Å². The molecular weight excluding hydrogens is 169 g/mol. The Morgan fingerprint density at radius 2 is 2.08 bits per heavy atom. The summed E-state index contributed by atoms with van der Waals surface area (Å²) in [5.41, 5.74) is 5.35. The van der Waals surface area contributed by atoms with E-state index in [-0.39, 0.29) is 5.92 Å². The molecule has 2 nitrogen and oxygen atoms in total. The number of rotatable bonds is 2. The van der Waals surface area contributed by atoms with Crippen molar-refractivity contribution in [3.8, 4) is 0 Å². The smallest absolute Gasteiger partial charge is 0.330 e. The third kappa shape index (κ3) is 2.98. The molecule has 0 aliphatic carbocycles. The maximum absolute atomic E-state index is 11.9. The van der Waals surface area contributed by atoms with E-state index in [1.807, 2.05) is 0 Å². The molecule has 2 N–H and O–H groups in total. The van der Waals surface area contributed by atoms with E-state index < -0.39 is 12.7 Å². The minimum Gasteiger partial charge on any atom is -0.330 e. The zero-order chi connectivity index (χ0) is 9.19. The van der Waals surface area contributed by atoms with E-state index in [1.165, 1.54) is 4.90 Å². The fourth-order valence-corrected chi connectivity index (χ4v) is 1.50. The van der Waals surface area contributed by atoms with Crippen LogP contribution in [-0.2, 0) is 0 Å². The maximum Gasteiger partial charge on any atom is 0.401 e. The first-order chi connectivity index (χ1) is 5.51. The summed E-state index contributed by atoms with van der Waals surface area (Å²) < 4.78 is 35.6. The van der Waals surface area contributed by atoms with Crippen LogP contribution in [0.2, 0.25) is 0 Å². The SMILES string of the molecule is NC[C@H]1CCN(CC(F)(F)F)C1. The summed E-state index contributed by atoms with van der Waals surface area (Å²) in [5.74, 6) is 0.257. The van der Waals surface area contributed by atoms with Gasteiger partial charge in [0, 0.05) is 6.54 Å². The van der Waals surface area contributed by atoms with E-state index in [9.17, 15) is 13.2 Å². The van der Waals surface area contributed by atoms with Crippen LogP contribution in [0.4, 0.5) is 13.2 Å². The fraction of sp³-hybridized carbons (Fsp3) is 1.00. The van der Waals surface area contributed by atoms with Crippen molar-refractivity contribution in [2.45, 2.75) is 12.6 Å². The van der Waals surface area contributed by atoms with Crippen LogP contribution in [0.15, 0.2) is 0 Å². The molecule has 12 heavy (non-hydrogen) atoms. The minimum atomic E-state index is -4.07. The Labute approximate surface area is 69.5 Å². The van der Waals surface area contributed by atoms with Gasteiger partial charge in [0.25, 0.3) is 0 Å². The minimum absolute atomic E-state index is 0.257. The lowest BCUT2D eigenvalue weighted by atomic mass is 10.1. The molecule has 1 fully saturated rings. The summed E-state index contributed by atoms with van der Waals surface area (Å²) >= 11 is 0. The predicted octanol–water partition coefficient (Wildman–Crippen LogP) is 0.829. The summed E-state index contributed by atoms with van der Waals surface area (Å²) in [6, 6.07) is 0. The van der Waals surface area contributed by atoms with Gasteiger partial charge in [0.1, 0.15) is 0 Å². The molecule has 5 heteroatoms. The lowest BCUT2D eigenvalue weighted by molar-refractivity contribution is -0.143. The van der Waals surface area contributed by atoms with Crippen molar-refractivity contribution in [1.29, 1.82) is 0 Å². The predicted molar refractivity (Wildman–Crippen MR) is 39.7 cm³/mol. The highest BCUT2D eigenvalue weighted by Crippen LogP contribution is 2.21. The average Bonchev–Trinajstić information content (AvgIpc) is 2.32. The van der Waals surface area contributed by atoms with Crippen molar-refractivity contribution in [2.75, 3.05) is 26.2 Å². The molecule has 1 heterocycles. The maximum atomic E-state index is 11.9. The number of likely N-dealkylation sites (tertiary alicyclic amines) is 1. The zero-order valence-electron chi connectivity index (χ0n) is 6.77. The first-order valence-electron chi connectivity index (χ1n) is 4.00. The van der Waals surface area contributed by atoms with Gasteiger partial charge < -0.3 is 5.73 Å². The van der Waals surface area contributed by atoms with Gasteiger partial charge >= 0.3 is 6.18 Å². The topological polar surface area (TPSA) is 29.3 Å². The van der Waals surface area contributed by atoms with Crippen LogP contribution in [0.5, 0.6) is 0 Å². The number of hydrogen-bond acceptors (Lipinski definition) is 2. The van der Waals surface area contributed by atoms with Crippen molar-refractivity contribution in [1.82, 2.24) is 4.90 Å². The number of nitrogens with zero attached hydrogens (tertiary/aromatic N) is 1. The number of nitrogens with two attached hydrogens (primary N) is 1. The first-order valence-corrected chi connectivity index (χ1v) is 4.00. The number of halogens is 3. The van der Waals surface area contributed by atoms with Crippen LogP contribution >= 0.6 is 0 Å². The Hall–Kier alpha value is -0.290. The van der Waals surface area contributed by atoms with Crippen molar-refractivity contribution in [3.63, 3.8) is 0 Å². The molecule has 0 saturated carbocycles. The van der Waals surface area contributed by atoms with E-state index in [0.717, 1.165) is 6.42 Å². The zero-order valence-corrected chi connectivity index (χ0v) is 6.77. The van der Waals surface area contributed by atoms with E-state index in [1.54, 1.807) is 0 Å². The Kier molecular flexibility index (Phi) is 2.95. The Balaban J connectivity index is 2.28. The van der Waals surface area contributed by atoms with Crippen molar-refractivity contribution in [2.24, 2.45) is 11.7 Å². The van der Waals surface area contributed by atoms with Crippen LogP contribution < -0.4 is 5.73 Å². The van der Waals surface area contributed by atoms with Gasteiger partial charge in [-0.2, -0.15) is 13.2 Å². The van der Waals surface area contributed by atoms with Gasteiger partial charge in [0.15, 0.2) is 0 Å². The monoisotopic (exact) mass is 182 g/mol. The molecule has 0 spiro atoms. The largest absolute Gasteiger partial charge is 0.401 e. The Morgan fingerprint density at radius 3 is 2.50 bits per heavy atom. The normalized spacial score (nSPS) is 26.5. The Morgan fingerprint density at radius 1 is 1.42 bits per heavy atom. The number of hydrogen-bond donors (Lipinski definition) is 1. The molecule has 0 aromatic heterocycles. The standard InChI is InChI=1S/C7H13F3N2/c8-7(9,10)5-12-2-1-6(3-11)4-12/h6H,1-5,11H2/t6-/m1/s1. The van der Waals surface area contributed by atoms with E-state index in [0.29, 0.717) is 19.6 Å². The molecule has 0 bridgehead atoms. The van der Waals surface area contributed by atoms with Gasteiger partial charge in [-0.15, -0.1) is 0 Å². The Bertz CT molecular complexity index is 146. The molecule has 1 aliphatic heterocycles. The highest BCUT2D eigenvalue weighted by Gasteiger charge is 2.33. The van der Waals surface area contributed by atoms with Crippen molar-refractivity contribution < 1.29 is 13.2 Å². The van der Waals surface area contributed by atoms with Crippen LogP contribution in [0.3, 0.4) is 0 Å². The quantitative estimate of drug-likeness (QED) is 0.685. The number of alkyl halides is 3.